The fourth-order valence-electron chi connectivity index (χ4n) is 4.15. The molecule has 1 aliphatic rings. The zero-order valence-corrected chi connectivity index (χ0v) is 23.0. The number of aryl methyl sites for hydroxylation is 2. The summed E-state index contributed by atoms with van der Waals surface area (Å²) < 4.78 is 19.5. The first-order valence-corrected chi connectivity index (χ1v) is 16.1. The van der Waals surface area contributed by atoms with E-state index in [0.29, 0.717) is 42.8 Å². The summed E-state index contributed by atoms with van der Waals surface area (Å²) in [5.41, 5.74) is 5.32. The van der Waals surface area contributed by atoms with Crippen LogP contribution in [-0.4, -0.2) is 48.9 Å². The number of benzene rings is 1. The first-order chi connectivity index (χ1) is 16.6. The van der Waals surface area contributed by atoms with E-state index in [0.717, 1.165) is 39.8 Å². The van der Waals surface area contributed by atoms with Crippen LogP contribution in [-0.2, 0) is 16.2 Å². The maximum atomic E-state index is 12.8. The Balaban J connectivity index is 1.86. The second-order valence-corrected chi connectivity index (χ2v) is 16.4. The Bertz CT molecular complexity index is 1240. The fourth-order valence-corrected chi connectivity index (χ4v) is 4.90. The molecule has 7 nitrogen and oxygen atoms in total. The maximum absolute atomic E-state index is 12.8. The first-order valence-electron chi connectivity index (χ1n) is 12.4. The van der Waals surface area contributed by atoms with Crippen LogP contribution in [0.25, 0.3) is 22.3 Å². The van der Waals surface area contributed by atoms with Crippen LogP contribution in [0, 0.1) is 26.7 Å². The van der Waals surface area contributed by atoms with Gasteiger partial charge in [-0.25, -0.2) is 14.8 Å². The molecule has 188 valence electrons. The number of ether oxygens (including phenoxy) is 3. The molecule has 2 heterocycles. The van der Waals surface area contributed by atoms with Crippen molar-refractivity contribution in [3.05, 3.63) is 40.8 Å². The lowest BCUT2D eigenvalue weighted by Gasteiger charge is -2.17. The van der Waals surface area contributed by atoms with Crippen LogP contribution in [0.2, 0.25) is 25.7 Å². The summed E-state index contributed by atoms with van der Waals surface area (Å²) in [4.78, 5) is 22.4. The van der Waals surface area contributed by atoms with Crippen molar-refractivity contribution >= 4 is 25.1 Å². The molecule has 4 rings (SSSR count). The van der Waals surface area contributed by atoms with E-state index in [4.69, 9.17) is 24.2 Å². The first kappa shape index (κ1) is 25.4. The van der Waals surface area contributed by atoms with Crippen LogP contribution in [0.15, 0.2) is 18.2 Å². The van der Waals surface area contributed by atoms with E-state index in [9.17, 15) is 4.79 Å². The molecule has 1 fully saturated rings. The zero-order valence-electron chi connectivity index (χ0n) is 22.0. The molecule has 0 unspecified atom stereocenters. The van der Waals surface area contributed by atoms with Gasteiger partial charge in [0.15, 0.2) is 0 Å². The minimum atomic E-state index is -1.23. The summed E-state index contributed by atoms with van der Waals surface area (Å²) in [7, 11) is 0.169. The Morgan fingerprint density at radius 3 is 2.54 bits per heavy atom. The Morgan fingerprint density at radius 2 is 1.89 bits per heavy atom. The third-order valence-corrected chi connectivity index (χ3v) is 8.14. The molecule has 0 radical (unpaired) electrons. The highest BCUT2D eigenvalue weighted by atomic mass is 28.3. The molecular formula is C27H37N3O4Si. The van der Waals surface area contributed by atoms with E-state index in [2.05, 4.69) is 38.7 Å². The van der Waals surface area contributed by atoms with Crippen molar-refractivity contribution in [2.75, 3.05) is 20.3 Å². The molecule has 0 N–H and O–H groups in total. The average Bonchev–Trinajstić information content (AvgIpc) is 3.58. The number of carbonyl (C=O) groups excluding carboxylic acids is 1. The number of carbonyl (C=O) groups is 1. The second-order valence-electron chi connectivity index (χ2n) is 10.8. The lowest BCUT2D eigenvalue weighted by molar-refractivity contribution is 0.0599. The molecule has 35 heavy (non-hydrogen) atoms. The van der Waals surface area contributed by atoms with Crippen LogP contribution >= 0.6 is 0 Å². The topological polar surface area (TPSA) is 75.5 Å². The molecule has 0 aliphatic heterocycles. The number of fused-ring (bicyclic) bond motifs is 1. The number of nitrogens with zero attached hydrogens (tertiary/aromatic N) is 3. The monoisotopic (exact) mass is 495 g/mol. The second kappa shape index (κ2) is 10.1. The SMILES string of the molecule is COC(=O)c1c(C)n(COCC[Si](C)(C)C)c2c(-c3cc(C)ccc3OCC3CC3)nc(C)nc12. The minimum absolute atomic E-state index is 0.313. The van der Waals surface area contributed by atoms with Crippen LogP contribution in [0.5, 0.6) is 5.75 Å². The van der Waals surface area contributed by atoms with Crippen molar-refractivity contribution in [2.45, 2.75) is 66.0 Å². The summed E-state index contributed by atoms with van der Waals surface area (Å²) in [6.45, 7) is 14.5. The van der Waals surface area contributed by atoms with Gasteiger partial charge in [0.25, 0.3) is 0 Å². The van der Waals surface area contributed by atoms with Gasteiger partial charge in [0.1, 0.15) is 35.1 Å². The molecular weight excluding hydrogens is 458 g/mol. The van der Waals surface area contributed by atoms with Crippen LogP contribution in [0.3, 0.4) is 0 Å². The Morgan fingerprint density at radius 1 is 1.14 bits per heavy atom. The highest BCUT2D eigenvalue weighted by molar-refractivity contribution is 6.76. The van der Waals surface area contributed by atoms with Gasteiger partial charge in [-0.05, 0) is 57.7 Å². The Kier molecular flexibility index (Phi) is 7.33. The maximum Gasteiger partial charge on any atom is 0.341 e. The van der Waals surface area contributed by atoms with Gasteiger partial charge in [0, 0.05) is 25.9 Å². The van der Waals surface area contributed by atoms with E-state index >= 15 is 0 Å². The smallest absolute Gasteiger partial charge is 0.341 e. The molecule has 0 atom stereocenters. The van der Waals surface area contributed by atoms with E-state index in [-0.39, 0.29) is 0 Å². The Hall–Kier alpha value is -2.71. The van der Waals surface area contributed by atoms with Crippen molar-refractivity contribution < 1.29 is 19.0 Å². The van der Waals surface area contributed by atoms with Gasteiger partial charge in [0.05, 0.1) is 19.2 Å². The fraction of sp³-hybridized carbons (Fsp3) is 0.519. The van der Waals surface area contributed by atoms with Gasteiger partial charge in [0.2, 0.25) is 0 Å². The number of methoxy groups -OCH3 is 1. The van der Waals surface area contributed by atoms with Gasteiger partial charge in [-0.2, -0.15) is 0 Å². The minimum Gasteiger partial charge on any atom is -0.493 e. The standard InChI is InChI=1S/C27H37N3O4Si/c1-17-8-11-22(34-15-20-9-10-20)21(14-17)24-26-25(29-19(3)28-24)23(27(31)32-4)18(2)30(26)16-33-12-13-35(5,6)7/h8,11,14,20H,9-10,12-13,15-16H2,1-7H3. The number of aromatic nitrogens is 3. The molecule has 0 bridgehead atoms. The third-order valence-electron chi connectivity index (χ3n) is 6.44. The summed E-state index contributed by atoms with van der Waals surface area (Å²) in [5, 5.41) is 0. The van der Waals surface area contributed by atoms with Crippen molar-refractivity contribution in [1.29, 1.82) is 0 Å². The van der Waals surface area contributed by atoms with Crippen molar-refractivity contribution in [2.24, 2.45) is 5.92 Å². The molecule has 2 aromatic heterocycles. The predicted molar refractivity (Wildman–Crippen MR) is 141 cm³/mol. The predicted octanol–water partition coefficient (Wildman–Crippen LogP) is 5.91. The molecule has 8 heteroatoms. The van der Waals surface area contributed by atoms with Crippen LogP contribution < -0.4 is 4.74 Å². The molecule has 1 aromatic carbocycles. The van der Waals surface area contributed by atoms with Crippen LogP contribution in [0.1, 0.15) is 40.3 Å². The number of hydrogen-bond donors (Lipinski definition) is 0. The lowest BCUT2D eigenvalue weighted by Crippen LogP contribution is -2.22. The number of hydrogen-bond acceptors (Lipinski definition) is 6. The van der Waals surface area contributed by atoms with E-state index < -0.39 is 14.0 Å². The van der Waals surface area contributed by atoms with Gasteiger partial charge < -0.3 is 18.8 Å². The molecule has 0 spiro atoms. The molecule has 0 amide bonds. The highest BCUT2D eigenvalue weighted by Crippen LogP contribution is 2.38. The van der Waals surface area contributed by atoms with E-state index in [1.165, 1.54) is 20.0 Å². The number of rotatable bonds is 10. The Labute approximate surface area is 208 Å². The summed E-state index contributed by atoms with van der Waals surface area (Å²) >= 11 is 0. The normalized spacial score (nSPS) is 13.9. The summed E-state index contributed by atoms with van der Waals surface area (Å²) in [5.74, 6) is 1.61. The van der Waals surface area contributed by atoms with Crippen molar-refractivity contribution in [3.8, 4) is 17.0 Å². The largest absolute Gasteiger partial charge is 0.493 e. The quantitative estimate of drug-likeness (QED) is 0.198. The van der Waals surface area contributed by atoms with Gasteiger partial charge >= 0.3 is 5.97 Å². The third kappa shape index (κ3) is 5.75. The average molecular weight is 496 g/mol. The molecule has 1 aliphatic carbocycles. The lowest BCUT2D eigenvalue weighted by atomic mass is 10.1. The summed E-state index contributed by atoms with van der Waals surface area (Å²) in [6, 6.07) is 7.23. The molecule has 0 saturated heterocycles. The number of esters is 1. The van der Waals surface area contributed by atoms with Gasteiger partial charge in [-0.15, -0.1) is 0 Å². The zero-order chi connectivity index (χ0) is 25.3. The van der Waals surface area contributed by atoms with E-state index in [1.54, 1.807) is 0 Å². The molecule has 1 saturated carbocycles. The van der Waals surface area contributed by atoms with E-state index in [1.807, 2.05) is 24.5 Å². The van der Waals surface area contributed by atoms with Crippen molar-refractivity contribution in [3.63, 3.8) is 0 Å². The van der Waals surface area contributed by atoms with Crippen LogP contribution in [0.4, 0.5) is 0 Å². The summed E-state index contributed by atoms with van der Waals surface area (Å²) in [6.07, 6.45) is 2.44. The highest BCUT2D eigenvalue weighted by Gasteiger charge is 2.28. The van der Waals surface area contributed by atoms with Gasteiger partial charge in [-0.3, -0.25) is 0 Å². The van der Waals surface area contributed by atoms with Crippen molar-refractivity contribution in [1.82, 2.24) is 14.5 Å². The molecule has 3 aromatic rings. The van der Waals surface area contributed by atoms with Gasteiger partial charge in [-0.1, -0.05) is 31.3 Å².